The molecule has 1 aromatic carbocycles. The number of benzene rings is 1. The summed E-state index contributed by atoms with van der Waals surface area (Å²) in [6.07, 6.45) is 2.92. The maximum atomic E-state index is 12.0. The van der Waals surface area contributed by atoms with Crippen molar-refractivity contribution in [1.82, 2.24) is 15.3 Å². The van der Waals surface area contributed by atoms with Gasteiger partial charge in [-0.05, 0) is 52.0 Å². The Bertz CT molecular complexity index is 734. The van der Waals surface area contributed by atoms with Gasteiger partial charge in [-0.25, -0.2) is 14.8 Å². The number of esters is 1. The van der Waals surface area contributed by atoms with Crippen molar-refractivity contribution in [1.29, 1.82) is 0 Å². The Morgan fingerprint density at radius 3 is 2.16 bits per heavy atom. The molecular formula is C18H22N4O3. The molecule has 1 aromatic heterocycles. The second kappa shape index (κ2) is 7.74. The highest BCUT2D eigenvalue weighted by atomic mass is 16.5. The van der Waals surface area contributed by atoms with Crippen molar-refractivity contribution in [3.05, 3.63) is 47.8 Å². The highest BCUT2D eigenvalue weighted by molar-refractivity contribution is 5.94. The molecule has 1 amide bonds. The quantitative estimate of drug-likeness (QED) is 0.812. The molecule has 2 N–H and O–H groups in total. The molecule has 0 aliphatic carbocycles. The topological polar surface area (TPSA) is 93.2 Å². The minimum atomic E-state index is -0.362. The summed E-state index contributed by atoms with van der Waals surface area (Å²) >= 11 is 0. The van der Waals surface area contributed by atoms with Crippen LogP contribution >= 0.6 is 0 Å². The van der Waals surface area contributed by atoms with Crippen molar-refractivity contribution in [3.8, 4) is 0 Å². The molecule has 2 aromatic rings. The molecular weight excluding hydrogens is 320 g/mol. The van der Waals surface area contributed by atoms with Crippen LogP contribution in [0.25, 0.3) is 0 Å². The summed E-state index contributed by atoms with van der Waals surface area (Å²) in [4.78, 5) is 31.9. The molecule has 0 saturated heterocycles. The third kappa shape index (κ3) is 5.56. The largest absolute Gasteiger partial charge is 0.462 e. The summed E-state index contributed by atoms with van der Waals surface area (Å²) in [6.45, 7) is 7.81. The highest BCUT2D eigenvalue weighted by Crippen LogP contribution is 2.14. The van der Waals surface area contributed by atoms with E-state index in [2.05, 4.69) is 20.6 Å². The lowest BCUT2D eigenvalue weighted by Crippen LogP contribution is -2.40. The number of aromatic nitrogens is 2. The number of carbonyl (C=O) groups is 2. The first-order chi connectivity index (χ1) is 11.8. The van der Waals surface area contributed by atoms with Gasteiger partial charge in [-0.1, -0.05) is 0 Å². The van der Waals surface area contributed by atoms with Gasteiger partial charge in [0.25, 0.3) is 5.91 Å². The molecule has 1 heterocycles. The van der Waals surface area contributed by atoms with E-state index in [1.54, 1.807) is 31.2 Å². The van der Waals surface area contributed by atoms with Gasteiger partial charge in [-0.2, -0.15) is 0 Å². The monoisotopic (exact) mass is 342 g/mol. The summed E-state index contributed by atoms with van der Waals surface area (Å²) in [7, 11) is 0. The third-order valence-electron chi connectivity index (χ3n) is 3.05. The van der Waals surface area contributed by atoms with Crippen LogP contribution < -0.4 is 10.6 Å². The van der Waals surface area contributed by atoms with E-state index in [-0.39, 0.29) is 17.4 Å². The van der Waals surface area contributed by atoms with Gasteiger partial charge < -0.3 is 15.4 Å². The first-order valence-electron chi connectivity index (χ1n) is 7.97. The Labute approximate surface area is 146 Å². The van der Waals surface area contributed by atoms with E-state index in [4.69, 9.17) is 4.74 Å². The van der Waals surface area contributed by atoms with Crippen molar-refractivity contribution in [2.75, 3.05) is 11.9 Å². The zero-order chi connectivity index (χ0) is 18.4. The number of amides is 1. The van der Waals surface area contributed by atoms with Gasteiger partial charge in [0.15, 0.2) is 0 Å². The number of hydrogen-bond donors (Lipinski definition) is 2. The van der Waals surface area contributed by atoms with E-state index < -0.39 is 0 Å². The molecule has 0 bridgehead atoms. The van der Waals surface area contributed by atoms with Gasteiger partial charge in [-0.15, -0.1) is 0 Å². The van der Waals surface area contributed by atoms with E-state index in [9.17, 15) is 9.59 Å². The number of carbonyl (C=O) groups excluding carboxylic acids is 2. The Hall–Kier alpha value is -2.96. The average Bonchev–Trinajstić information content (AvgIpc) is 2.55. The van der Waals surface area contributed by atoms with Gasteiger partial charge in [-0.3, -0.25) is 4.79 Å². The van der Waals surface area contributed by atoms with Crippen LogP contribution in [-0.2, 0) is 4.74 Å². The normalized spacial score (nSPS) is 10.9. The molecule has 0 saturated carbocycles. The Kier molecular flexibility index (Phi) is 5.69. The second-order valence-electron chi connectivity index (χ2n) is 6.42. The number of rotatable bonds is 5. The summed E-state index contributed by atoms with van der Waals surface area (Å²) in [6, 6.07) is 6.78. The standard InChI is InChI=1S/C18H22N4O3/c1-5-25-16(24)12-6-8-14(9-7-12)21-17-19-10-13(11-20-17)15(23)22-18(2,3)4/h6-11H,5H2,1-4H3,(H,22,23)(H,19,20,21). The molecule has 0 aliphatic rings. The average molecular weight is 342 g/mol. The first-order valence-corrected chi connectivity index (χ1v) is 7.97. The SMILES string of the molecule is CCOC(=O)c1ccc(Nc2ncc(C(=O)NC(C)(C)C)cn2)cc1. The van der Waals surface area contributed by atoms with Crippen LogP contribution in [0.5, 0.6) is 0 Å². The molecule has 2 rings (SSSR count). The summed E-state index contributed by atoms with van der Waals surface area (Å²) in [5, 5.41) is 5.86. The van der Waals surface area contributed by atoms with Crippen molar-refractivity contribution in [2.45, 2.75) is 33.2 Å². The molecule has 25 heavy (non-hydrogen) atoms. The molecule has 7 nitrogen and oxygen atoms in total. The molecule has 132 valence electrons. The number of nitrogens with one attached hydrogen (secondary N) is 2. The minimum absolute atomic E-state index is 0.224. The lowest BCUT2D eigenvalue weighted by atomic mass is 10.1. The fourth-order valence-electron chi connectivity index (χ4n) is 1.96. The number of nitrogens with zero attached hydrogens (tertiary/aromatic N) is 2. The van der Waals surface area contributed by atoms with Gasteiger partial charge in [0.05, 0.1) is 17.7 Å². The third-order valence-corrected chi connectivity index (χ3v) is 3.05. The number of ether oxygens (including phenoxy) is 1. The van der Waals surface area contributed by atoms with Crippen LogP contribution in [0.15, 0.2) is 36.7 Å². The van der Waals surface area contributed by atoms with Gasteiger partial charge in [0.2, 0.25) is 5.95 Å². The smallest absolute Gasteiger partial charge is 0.338 e. The zero-order valence-electron chi connectivity index (χ0n) is 14.8. The highest BCUT2D eigenvalue weighted by Gasteiger charge is 2.15. The van der Waals surface area contributed by atoms with Crippen LogP contribution in [-0.4, -0.2) is 34.0 Å². The van der Waals surface area contributed by atoms with Gasteiger partial charge in [0.1, 0.15) is 0 Å². The van der Waals surface area contributed by atoms with Crippen molar-refractivity contribution >= 4 is 23.5 Å². The summed E-state index contributed by atoms with van der Waals surface area (Å²) < 4.78 is 4.93. The number of anilines is 2. The molecule has 7 heteroatoms. The van der Waals surface area contributed by atoms with Crippen molar-refractivity contribution < 1.29 is 14.3 Å². The first kappa shape index (κ1) is 18.4. The Morgan fingerprint density at radius 2 is 1.64 bits per heavy atom. The molecule has 0 unspecified atom stereocenters. The van der Waals surface area contributed by atoms with Crippen molar-refractivity contribution in [2.24, 2.45) is 0 Å². The lowest BCUT2D eigenvalue weighted by molar-refractivity contribution is 0.0526. The van der Waals surface area contributed by atoms with E-state index in [1.165, 1.54) is 12.4 Å². The summed E-state index contributed by atoms with van der Waals surface area (Å²) in [5.41, 5.74) is 1.26. The lowest BCUT2D eigenvalue weighted by Gasteiger charge is -2.20. The second-order valence-corrected chi connectivity index (χ2v) is 6.42. The van der Waals surface area contributed by atoms with E-state index in [0.717, 1.165) is 5.69 Å². The molecule has 0 fully saturated rings. The van der Waals surface area contributed by atoms with Crippen LogP contribution in [0.4, 0.5) is 11.6 Å². The van der Waals surface area contributed by atoms with Crippen LogP contribution in [0, 0.1) is 0 Å². The van der Waals surface area contributed by atoms with Crippen LogP contribution in [0.1, 0.15) is 48.4 Å². The molecule has 0 aliphatic heterocycles. The maximum Gasteiger partial charge on any atom is 0.338 e. The predicted octanol–water partition coefficient (Wildman–Crippen LogP) is 2.93. The van der Waals surface area contributed by atoms with E-state index in [0.29, 0.717) is 23.7 Å². The zero-order valence-corrected chi connectivity index (χ0v) is 14.8. The fraction of sp³-hybridized carbons (Fsp3) is 0.333. The van der Waals surface area contributed by atoms with Gasteiger partial charge >= 0.3 is 5.97 Å². The predicted molar refractivity (Wildman–Crippen MR) is 94.9 cm³/mol. The summed E-state index contributed by atoms with van der Waals surface area (Å²) in [5.74, 6) is -0.228. The van der Waals surface area contributed by atoms with Gasteiger partial charge in [0, 0.05) is 23.6 Å². The Morgan fingerprint density at radius 1 is 1.04 bits per heavy atom. The van der Waals surface area contributed by atoms with E-state index in [1.807, 2.05) is 20.8 Å². The number of hydrogen-bond acceptors (Lipinski definition) is 6. The maximum absolute atomic E-state index is 12.0. The van der Waals surface area contributed by atoms with Crippen molar-refractivity contribution in [3.63, 3.8) is 0 Å². The fourth-order valence-corrected chi connectivity index (χ4v) is 1.96. The van der Waals surface area contributed by atoms with Crippen LogP contribution in [0.3, 0.4) is 0 Å². The van der Waals surface area contributed by atoms with Crippen LogP contribution in [0.2, 0.25) is 0 Å². The minimum Gasteiger partial charge on any atom is -0.462 e. The molecule has 0 spiro atoms. The molecule has 0 atom stereocenters. The molecule has 0 radical (unpaired) electrons. The Balaban J connectivity index is 2.01. The van der Waals surface area contributed by atoms with E-state index >= 15 is 0 Å².